The van der Waals surface area contributed by atoms with Gasteiger partial charge >= 0.3 is 0 Å². The summed E-state index contributed by atoms with van der Waals surface area (Å²) in [5.74, 6) is 1.64. The Balaban J connectivity index is -0.000000326. The molecule has 0 heterocycles. The van der Waals surface area contributed by atoms with Crippen LogP contribution in [0.2, 0.25) is 0 Å². The van der Waals surface area contributed by atoms with E-state index in [0.29, 0.717) is 0 Å². The average Bonchev–Trinajstić information content (AvgIpc) is 3.10. The van der Waals surface area contributed by atoms with Crippen molar-refractivity contribution in [3.63, 3.8) is 0 Å². The summed E-state index contributed by atoms with van der Waals surface area (Å²) in [6, 6.07) is 0. The second kappa shape index (κ2) is 54.7. The van der Waals surface area contributed by atoms with Gasteiger partial charge in [0.2, 0.25) is 0 Å². The number of rotatable bonds is 30. The molecule has 2 atom stereocenters. The molecule has 0 aromatic rings. The topological polar surface area (TPSA) is 0 Å². The average molecular weight is 663 g/mol. The summed E-state index contributed by atoms with van der Waals surface area (Å²) in [6.45, 7) is 37.3. The van der Waals surface area contributed by atoms with Gasteiger partial charge in [-0.1, -0.05) is 235 Å². The first-order valence-corrected chi connectivity index (χ1v) is 21.7. The van der Waals surface area contributed by atoms with E-state index in [2.05, 4.69) is 81.7 Å². The molecule has 0 aliphatic carbocycles. The number of unbranched alkanes of at least 4 members (excludes halogenated alkanes) is 18. The third kappa shape index (κ3) is 52.2. The summed E-state index contributed by atoms with van der Waals surface area (Å²) >= 11 is 0. The molecule has 47 heavy (non-hydrogen) atoms. The highest BCUT2D eigenvalue weighted by molar-refractivity contribution is 5.01. The van der Waals surface area contributed by atoms with Gasteiger partial charge in [-0.25, -0.2) is 0 Å². The molecule has 286 valence electrons. The predicted molar refractivity (Wildman–Crippen MR) is 227 cm³/mol. The minimum Gasteiger partial charge on any atom is -0.106 e. The van der Waals surface area contributed by atoms with Crippen molar-refractivity contribution in [1.29, 1.82) is 0 Å². The van der Waals surface area contributed by atoms with Crippen LogP contribution in [-0.4, -0.2) is 0 Å². The van der Waals surface area contributed by atoms with Gasteiger partial charge in [-0.3, -0.25) is 0 Å². The molecule has 0 fully saturated rings. The van der Waals surface area contributed by atoms with Crippen LogP contribution in [-0.2, 0) is 0 Å². The number of hydrogen-bond donors (Lipinski definition) is 0. The standard InChI is InChI=1S/C32H62.C6H14.C5H12.C2H6.C2H4/c1-7-11-14-17-18-20-22-25-30(6)28-32(26-23-19-15-12-8-2)31(10-4)27-29(5)24-21-16-13-9-3;1-3-5-6-4-2;1-3-5-4-2;2*1-2/h31-32H,5-28H2,1-4H3;3-6H2,1-2H3;3-5H2,1-2H3;1-2H3;1-2H2. The predicted octanol–water partition coefficient (Wildman–Crippen LogP) is 18.6. The third-order valence-electron chi connectivity index (χ3n) is 9.15. The fourth-order valence-electron chi connectivity index (χ4n) is 6.09. The fraction of sp³-hybridized carbons (Fsp3) is 0.872. The molecule has 2 unspecified atom stereocenters. The molecule has 0 bridgehead atoms. The van der Waals surface area contributed by atoms with Gasteiger partial charge in [-0.15, -0.1) is 13.2 Å². The number of allylic oxidation sites excluding steroid dienone is 2. The SMILES string of the molecule is C=C.C=C(CCCCCC)CC(CC)C(CCCCCCC)CC(=C)CCCCCCCCC.CC.CCCCC.CCCCCC. The fourth-order valence-corrected chi connectivity index (χ4v) is 6.09. The molecule has 0 amide bonds. The monoisotopic (exact) mass is 663 g/mol. The highest BCUT2D eigenvalue weighted by Crippen LogP contribution is 2.34. The maximum absolute atomic E-state index is 4.54. The maximum Gasteiger partial charge on any atom is -0.0292 e. The largest absolute Gasteiger partial charge is 0.106 e. The van der Waals surface area contributed by atoms with Crippen molar-refractivity contribution in [3.05, 3.63) is 37.5 Å². The van der Waals surface area contributed by atoms with Gasteiger partial charge in [0, 0.05) is 0 Å². The summed E-state index contributed by atoms with van der Waals surface area (Å²) in [4.78, 5) is 0. The van der Waals surface area contributed by atoms with E-state index in [1.807, 2.05) is 13.8 Å². The van der Waals surface area contributed by atoms with Gasteiger partial charge < -0.3 is 0 Å². The normalized spacial score (nSPS) is 11.3. The first-order valence-electron chi connectivity index (χ1n) is 21.7. The van der Waals surface area contributed by atoms with E-state index in [1.165, 1.54) is 197 Å². The lowest BCUT2D eigenvalue weighted by atomic mass is 9.77. The van der Waals surface area contributed by atoms with Crippen molar-refractivity contribution in [3.8, 4) is 0 Å². The van der Waals surface area contributed by atoms with E-state index >= 15 is 0 Å². The summed E-state index contributed by atoms with van der Waals surface area (Å²) in [5.41, 5.74) is 3.05. The van der Waals surface area contributed by atoms with Crippen LogP contribution >= 0.6 is 0 Å². The number of hydrogen-bond acceptors (Lipinski definition) is 0. The van der Waals surface area contributed by atoms with Crippen molar-refractivity contribution in [2.45, 2.75) is 255 Å². The lowest BCUT2D eigenvalue weighted by molar-refractivity contribution is 0.285. The van der Waals surface area contributed by atoms with Crippen molar-refractivity contribution in [2.24, 2.45) is 11.8 Å². The molecule has 0 spiro atoms. The van der Waals surface area contributed by atoms with Crippen molar-refractivity contribution in [1.82, 2.24) is 0 Å². The van der Waals surface area contributed by atoms with Crippen LogP contribution < -0.4 is 0 Å². The molecule has 0 rings (SSSR count). The van der Waals surface area contributed by atoms with Crippen LogP contribution in [0.3, 0.4) is 0 Å². The highest BCUT2D eigenvalue weighted by atomic mass is 14.3. The molecule has 0 N–H and O–H groups in total. The van der Waals surface area contributed by atoms with Gasteiger partial charge in [0.25, 0.3) is 0 Å². The zero-order chi connectivity index (χ0) is 36.8. The van der Waals surface area contributed by atoms with E-state index in [0.717, 1.165) is 11.8 Å². The Morgan fingerprint density at radius 3 is 0.979 bits per heavy atom. The molecule has 0 saturated heterocycles. The minimum atomic E-state index is 0.811. The van der Waals surface area contributed by atoms with E-state index in [1.54, 1.807) is 0 Å². The lowest BCUT2D eigenvalue weighted by Crippen LogP contribution is -2.16. The van der Waals surface area contributed by atoms with Gasteiger partial charge in [-0.05, 0) is 56.8 Å². The van der Waals surface area contributed by atoms with Crippen LogP contribution in [0.4, 0.5) is 0 Å². The van der Waals surface area contributed by atoms with Gasteiger partial charge in [0.1, 0.15) is 0 Å². The first kappa shape index (κ1) is 55.6. The lowest BCUT2D eigenvalue weighted by Gasteiger charge is -2.28. The Hall–Kier alpha value is -0.780. The molecule has 0 heteroatoms. The molecule has 0 aromatic carbocycles. The van der Waals surface area contributed by atoms with Crippen molar-refractivity contribution < 1.29 is 0 Å². The Morgan fingerprint density at radius 1 is 0.362 bits per heavy atom. The van der Waals surface area contributed by atoms with Gasteiger partial charge in [0.05, 0.1) is 0 Å². The van der Waals surface area contributed by atoms with Crippen LogP contribution in [0.1, 0.15) is 255 Å². The second-order valence-corrected chi connectivity index (χ2v) is 13.8. The molecular weight excluding hydrogens is 565 g/mol. The molecule has 0 aliphatic rings. The Kier molecular flexibility index (Phi) is 64.7. The Morgan fingerprint density at radius 2 is 0.638 bits per heavy atom. The van der Waals surface area contributed by atoms with Crippen LogP contribution in [0.25, 0.3) is 0 Å². The molecule has 0 saturated carbocycles. The molecule has 0 aliphatic heterocycles. The van der Waals surface area contributed by atoms with E-state index in [4.69, 9.17) is 0 Å². The quantitative estimate of drug-likeness (QED) is 0.0530. The summed E-state index contributed by atoms with van der Waals surface area (Å²) in [6.07, 6.45) is 39.6. The molecule has 0 aromatic heterocycles. The van der Waals surface area contributed by atoms with Gasteiger partial charge in [-0.2, -0.15) is 0 Å². The summed E-state index contributed by atoms with van der Waals surface area (Å²) < 4.78 is 0. The summed E-state index contributed by atoms with van der Waals surface area (Å²) in [5, 5.41) is 0. The van der Waals surface area contributed by atoms with Crippen LogP contribution in [0, 0.1) is 11.8 Å². The van der Waals surface area contributed by atoms with Crippen LogP contribution in [0.5, 0.6) is 0 Å². The van der Waals surface area contributed by atoms with Crippen LogP contribution in [0.15, 0.2) is 37.5 Å². The highest BCUT2D eigenvalue weighted by Gasteiger charge is 2.21. The first-order chi connectivity index (χ1) is 22.9. The molecule has 0 nitrogen and oxygen atoms in total. The second-order valence-electron chi connectivity index (χ2n) is 13.8. The molecule has 0 radical (unpaired) electrons. The van der Waals surface area contributed by atoms with Crippen molar-refractivity contribution >= 4 is 0 Å². The Labute approximate surface area is 303 Å². The third-order valence-corrected chi connectivity index (χ3v) is 9.15. The zero-order valence-corrected chi connectivity index (χ0v) is 35.5. The van der Waals surface area contributed by atoms with E-state index < -0.39 is 0 Å². The maximum atomic E-state index is 4.54. The minimum absolute atomic E-state index is 0.811. The van der Waals surface area contributed by atoms with E-state index in [-0.39, 0.29) is 0 Å². The van der Waals surface area contributed by atoms with Gasteiger partial charge in [0.15, 0.2) is 0 Å². The molecular formula is C47H98. The smallest absolute Gasteiger partial charge is 0.0292 e. The van der Waals surface area contributed by atoms with E-state index in [9.17, 15) is 0 Å². The Bertz CT molecular complexity index is 522. The zero-order valence-electron chi connectivity index (χ0n) is 35.5. The van der Waals surface area contributed by atoms with Crippen molar-refractivity contribution in [2.75, 3.05) is 0 Å². The summed E-state index contributed by atoms with van der Waals surface area (Å²) in [7, 11) is 0.